The fourth-order valence-electron chi connectivity index (χ4n) is 2.44. The van der Waals surface area contributed by atoms with Gasteiger partial charge in [-0.2, -0.15) is 0 Å². The maximum Gasteiger partial charge on any atom is 0.251 e. The van der Waals surface area contributed by atoms with Crippen molar-refractivity contribution < 1.29 is 9.21 Å². The molecule has 0 fully saturated rings. The summed E-state index contributed by atoms with van der Waals surface area (Å²) >= 11 is 0. The minimum atomic E-state index is -0.0306. The number of rotatable bonds is 8. The van der Waals surface area contributed by atoms with Crippen LogP contribution in [-0.4, -0.2) is 30.4 Å². The number of aliphatic imine (C=N–C) groups is 1. The summed E-state index contributed by atoms with van der Waals surface area (Å²) in [6.45, 7) is 7.69. The van der Waals surface area contributed by atoms with Crippen LogP contribution in [0.3, 0.4) is 0 Å². The van der Waals surface area contributed by atoms with E-state index in [4.69, 9.17) is 4.42 Å². The number of carbonyl (C=O) groups excluding carboxylic acids is 1. The quantitative estimate of drug-likeness (QED) is 0.377. The van der Waals surface area contributed by atoms with E-state index in [9.17, 15) is 4.79 Å². The third-order valence-corrected chi connectivity index (χ3v) is 4.20. The van der Waals surface area contributed by atoms with Crippen molar-refractivity contribution in [3.05, 3.63) is 52.7 Å². The predicted octanol–water partition coefficient (Wildman–Crippen LogP) is 2.69. The smallest absolute Gasteiger partial charge is 0.251 e. The third-order valence-electron chi connectivity index (χ3n) is 4.20. The van der Waals surface area contributed by atoms with Gasteiger partial charge in [0.1, 0.15) is 5.76 Å². The Bertz CT molecular complexity index is 746. The number of oxazole rings is 1. The van der Waals surface area contributed by atoms with E-state index in [1.54, 1.807) is 7.05 Å². The molecule has 0 aliphatic heterocycles. The number of aromatic nitrogens is 1. The molecule has 2 rings (SSSR count). The van der Waals surface area contributed by atoms with E-state index < -0.39 is 0 Å². The van der Waals surface area contributed by atoms with E-state index in [1.165, 1.54) is 0 Å². The number of unbranched alkanes of at least 4 members (excludes halogenated alkanes) is 1. The maximum absolute atomic E-state index is 12.0. The molecule has 7 heteroatoms. The number of amides is 1. The van der Waals surface area contributed by atoms with Gasteiger partial charge in [-0.15, -0.1) is 0 Å². The average molecular weight is 371 g/mol. The fraction of sp³-hybridized carbons (Fsp3) is 0.450. The molecule has 146 valence electrons. The molecule has 1 amide bonds. The predicted molar refractivity (Wildman–Crippen MR) is 107 cm³/mol. The van der Waals surface area contributed by atoms with Crippen LogP contribution in [-0.2, 0) is 13.1 Å². The van der Waals surface area contributed by atoms with Gasteiger partial charge in [0.25, 0.3) is 5.91 Å². The number of nitrogens with one attached hydrogen (secondary N) is 3. The van der Waals surface area contributed by atoms with Crippen LogP contribution in [0.5, 0.6) is 0 Å². The molecule has 0 spiro atoms. The van der Waals surface area contributed by atoms with Gasteiger partial charge in [-0.25, -0.2) is 4.98 Å². The zero-order valence-electron chi connectivity index (χ0n) is 16.6. The number of guanidine groups is 1. The van der Waals surface area contributed by atoms with Crippen LogP contribution in [0.4, 0.5) is 0 Å². The van der Waals surface area contributed by atoms with Gasteiger partial charge in [-0.1, -0.05) is 25.5 Å². The number of hydrogen-bond donors (Lipinski definition) is 3. The lowest BCUT2D eigenvalue weighted by molar-refractivity contribution is 0.0953. The van der Waals surface area contributed by atoms with Crippen molar-refractivity contribution in [3.8, 4) is 0 Å². The zero-order chi connectivity index (χ0) is 19.6. The molecule has 1 aromatic heterocycles. The lowest BCUT2D eigenvalue weighted by Gasteiger charge is -2.11. The summed E-state index contributed by atoms with van der Waals surface area (Å²) in [7, 11) is 1.71. The molecule has 3 N–H and O–H groups in total. The topological polar surface area (TPSA) is 91.5 Å². The van der Waals surface area contributed by atoms with Gasteiger partial charge in [0.15, 0.2) is 5.96 Å². The van der Waals surface area contributed by atoms with Crippen molar-refractivity contribution >= 4 is 11.9 Å². The van der Waals surface area contributed by atoms with Gasteiger partial charge in [-0.3, -0.25) is 9.79 Å². The third kappa shape index (κ3) is 6.44. The Hall–Kier alpha value is -2.83. The Balaban J connectivity index is 1.81. The highest BCUT2D eigenvalue weighted by Gasteiger charge is 2.07. The number of hydrogen-bond acceptors (Lipinski definition) is 4. The first kappa shape index (κ1) is 20.5. The summed E-state index contributed by atoms with van der Waals surface area (Å²) in [6, 6.07) is 7.56. The van der Waals surface area contributed by atoms with Crippen LogP contribution >= 0.6 is 0 Å². The Morgan fingerprint density at radius 2 is 1.81 bits per heavy atom. The van der Waals surface area contributed by atoms with Gasteiger partial charge in [0, 0.05) is 25.7 Å². The van der Waals surface area contributed by atoms with E-state index in [0.29, 0.717) is 37.0 Å². The summed E-state index contributed by atoms with van der Waals surface area (Å²) in [6.07, 6.45) is 2.06. The molecule has 0 unspecified atom stereocenters. The molecule has 27 heavy (non-hydrogen) atoms. The molecule has 2 aromatic rings. The summed E-state index contributed by atoms with van der Waals surface area (Å²) in [5.41, 5.74) is 2.63. The van der Waals surface area contributed by atoms with E-state index >= 15 is 0 Å². The van der Waals surface area contributed by atoms with Crippen LogP contribution in [0.1, 0.15) is 53.0 Å². The van der Waals surface area contributed by atoms with Crippen molar-refractivity contribution in [2.24, 2.45) is 4.99 Å². The van der Waals surface area contributed by atoms with Crippen molar-refractivity contribution in [1.29, 1.82) is 0 Å². The molecule has 0 aliphatic rings. The minimum absolute atomic E-state index is 0.0306. The van der Waals surface area contributed by atoms with Gasteiger partial charge in [0.2, 0.25) is 5.89 Å². The SMILES string of the molecule is CCCCNC(=O)c1ccc(CNC(=NC)NCc2nc(C)c(C)o2)cc1. The Kier molecular flexibility index (Phi) is 7.85. The van der Waals surface area contributed by atoms with Gasteiger partial charge in [-0.05, 0) is 38.0 Å². The molecule has 0 radical (unpaired) electrons. The van der Waals surface area contributed by atoms with Crippen LogP contribution in [0.2, 0.25) is 0 Å². The Morgan fingerprint density at radius 1 is 1.11 bits per heavy atom. The second kappa shape index (κ2) is 10.4. The highest BCUT2D eigenvalue weighted by atomic mass is 16.4. The molecule has 0 bridgehead atoms. The summed E-state index contributed by atoms with van der Waals surface area (Å²) in [4.78, 5) is 20.6. The van der Waals surface area contributed by atoms with Gasteiger partial charge < -0.3 is 20.4 Å². The average Bonchev–Trinajstić information content (AvgIpc) is 3.00. The summed E-state index contributed by atoms with van der Waals surface area (Å²) < 4.78 is 5.55. The molecular weight excluding hydrogens is 342 g/mol. The number of aryl methyl sites for hydroxylation is 2. The van der Waals surface area contributed by atoms with Crippen molar-refractivity contribution in [2.45, 2.75) is 46.7 Å². The van der Waals surface area contributed by atoms with Crippen molar-refractivity contribution in [3.63, 3.8) is 0 Å². The maximum atomic E-state index is 12.0. The van der Waals surface area contributed by atoms with Crippen LogP contribution < -0.4 is 16.0 Å². The van der Waals surface area contributed by atoms with Crippen molar-refractivity contribution in [2.75, 3.05) is 13.6 Å². The molecule has 7 nitrogen and oxygen atoms in total. The molecule has 0 saturated carbocycles. The van der Waals surface area contributed by atoms with Gasteiger partial charge in [0.05, 0.1) is 12.2 Å². The molecule has 0 atom stereocenters. The lowest BCUT2D eigenvalue weighted by Crippen LogP contribution is -2.36. The Labute approximate surface area is 160 Å². The van der Waals surface area contributed by atoms with Crippen molar-refractivity contribution in [1.82, 2.24) is 20.9 Å². The first-order chi connectivity index (χ1) is 13.0. The second-order valence-electron chi connectivity index (χ2n) is 6.33. The monoisotopic (exact) mass is 371 g/mol. The van der Waals surface area contributed by atoms with E-state index in [1.807, 2.05) is 38.1 Å². The fourth-order valence-corrected chi connectivity index (χ4v) is 2.44. The molecule has 0 saturated heterocycles. The van der Waals surface area contributed by atoms with E-state index in [2.05, 4.69) is 32.9 Å². The highest BCUT2D eigenvalue weighted by molar-refractivity contribution is 5.94. The lowest BCUT2D eigenvalue weighted by atomic mass is 10.1. The van der Waals surface area contributed by atoms with E-state index in [-0.39, 0.29) is 5.91 Å². The first-order valence-electron chi connectivity index (χ1n) is 9.28. The summed E-state index contributed by atoms with van der Waals surface area (Å²) in [5, 5.41) is 9.33. The normalized spacial score (nSPS) is 11.3. The first-order valence-corrected chi connectivity index (χ1v) is 9.28. The molecule has 1 heterocycles. The standard InChI is InChI=1S/C20H29N5O2/c1-5-6-11-22-19(26)17-9-7-16(8-10-17)12-23-20(21-4)24-13-18-25-14(2)15(3)27-18/h7-10H,5-6,11-13H2,1-4H3,(H,22,26)(H2,21,23,24). The number of nitrogens with zero attached hydrogens (tertiary/aromatic N) is 2. The molecule has 0 aliphatic carbocycles. The second-order valence-corrected chi connectivity index (χ2v) is 6.33. The Morgan fingerprint density at radius 3 is 2.41 bits per heavy atom. The van der Waals surface area contributed by atoms with Crippen LogP contribution in [0.15, 0.2) is 33.7 Å². The largest absolute Gasteiger partial charge is 0.444 e. The minimum Gasteiger partial charge on any atom is -0.444 e. The van der Waals surface area contributed by atoms with Gasteiger partial charge >= 0.3 is 0 Å². The van der Waals surface area contributed by atoms with Crippen LogP contribution in [0, 0.1) is 13.8 Å². The van der Waals surface area contributed by atoms with E-state index in [0.717, 1.165) is 29.9 Å². The summed E-state index contributed by atoms with van der Waals surface area (Å²) in [5.74, 6) is 2.09. The molecule has 1 aromatic carbocycles. The highest BCUT2D eigenvalue weighted by Crippen LogP contribution is 2.08. The van der Waals surface area contributed by atoms with Crippen LogP contribution in [0.25, 0.3) is 0 Å². The zero-order valence-corrected chi connectivity index (χ0v) is 16.6. The number of benzene rings is 1. The number of carbonyl (C=O) groups is 1. The molecular formula is C20H29N5O2.